The fraction of sp³-hybridized carbons (Fsp3) is 0.538. The van der Waals surface area contributed by atoms with Crippen LogP contribution < -0.4 is 5.32 Å². The minimum atomic E-state index is -0.927. The first kappa shape index (κ1) is 11.9. The number of nitrogens with zero attached hydrogens (tertiary/aromatic N) is 1. The summed E-state index contributed by atoms with van der Waals surface area (Å²) < 4.78 is 0. The van der Waals surface area contributed by atoms with Gasteiger partial charge in [0.1, 0.15) is 5.56 Å². The molecule has 0 amide bonds. The fourth-order valence-corrected chi connectivity index (χ4v) is 2.36. The quantitative estimate of drug-likeness (QED) is 0.840. The van der Waals surface area contributed by atoms with Crippen molar-refractivity contribution in [1.82, 2.24) is 4.98 Å². The van der Waals surface area contributed by atoms with E-state index in [9.17, 15) is 4.79 Å². The smallest absolute Gasteiger partial charge is 0.339 e. The summed E-state index contributed by atoms with van der Waals surface area (Å²) in [5.41, 5.74) is 0.932. The lowest BCUT2D eigenvalue weighted by Crippen LogP contribution is -2.18. The van der Waals surface area contributed by atoms with Crippen LogP contribution in [-0.4, -0.2) is 22.6 Å². The Balaban J connectivity index is 1.96. The molecule has 0 atom stereocenters. The Morgan fingerprint density at radius 2 is 2.18 bits per heavy atom. The third kappa shape index (κ3) is 3.19. The maximum absolute atomic E-state index is 11.0. The highest BCUT2D eigenvalue weighted by molar-refractivity contribution is 5.93. The molecule has 2 rings (SSSR count). The van der Waals surface area contributed by atoms with Crippen molar-refractivity contribution in [2.24, 2.45) is 5.92 Å². The minimum Gasteiger partial charge on any atom is -0.478 e. The van der Waals surface area contributed by atoms with Gasteiger partial charge in [0, 0.05) is 18.9 Å². The average molecular weight is 234 g/mol. The van der Waals surface area contributed by atoms with Gasteiger partial charge >= 0.3 is 5.97 Å². The van der Waals surface area contributed by atoms with E-state index >= 15 is 0 Å². The lowest BCUT2D eigenvalue weighted by atomic mass is 9.89. The van der Waals surface area contributed by atoms with Crippen molar-refractivity contribution >= 4 is 11.7 Å². The molecule has 1 saturated carbocycles. The molecule has 0 unspecified atom stereocenters. The largest absolute Gasteiger partial charge is 0.478 e. The number of rotatable bonds is 4. The molecule has 0 spiro atoms. The number of aromatic nitrogens is 1. The second-order valence-corrected chi connectivity index (χ2v) is 4.61. The molecule has 0 saturated heterocycles. The molecule has 1 aliphatic rings. The maximum Gasteiger partial charge on any atom is 0.339 e. The van der Waals surface area contributed by atoms with Gasteiger partial charge in [0.15, 0.2) is 0 Å². The summed E-state index contributed by atoms with van der Waals surface area (Å²) in [6.45, 7) is 0.865. The van der Waals surface area contributed by atoms with Crippen molar-refractivity contribution in [3.8, 4) is 0 Å². The molecular formula is C13H18N2O2. The molecule has 92 valence electrons. The van der Waals surface area contributed by atoms with E-state index in [1.165, 1.54) is 38.3 Å². The Morgan fingerprint density at radius 1 is 1.41 bits per heavy atom. The number of hydrogen-bond donors (Lipinski definition) is 2. The SMILES string of the molecule is O=C(O)c1cnccc1NCC1CCCCC1. The van der Waals surface area contributed by atoms with Gasteiger partial charge in [-0.2, -0.15) is 0 Å². The van der Waals surface area contributed by atoms with Crippen molar-refractivity contribution in [2.75, 3.05) is 11.9 Å². The predicted molar refractivity (Wildman–Crippen MR) is 66.3 cm³/mol. The highest BCUT2D eigenvalue weighted by Crippen LogP contribution is 2.24. The molecule has 4 nitrogen and oxygen atoms in total. The number of pyridine rings is 1. The van der Waals surface area contributed by atoms with Gasteiger partial charge in [0.2, 0.25) is 0 Å². The van der Waals surface area contributed by atoms with E-state index in [1.54, 1.807) is 12.3 Å². The van der Waals surface area contributed by atoms with E-state index in [-0.39, 0.29) is 5.56 Å². The van der Waals surface area contributed by atoms with Crippen LogP contribution in [-0.2, 0) is 0 Å². The van der Waals surface area contributed by atoms with Crippen LogP contribution in [0, 0.1) is 5.92 Å². The highest BCUT2D eigenvalue weighted by Gasteiger charge is 2.15. The van der Waals surface area contributed by atoms with Crippen LogP contribution in [0.5, 0.6) is 0 Å². The first-order chi connectivity index (χ1) is 8.27. The lowest BCUT2D eigenvalue weighted by molar-refractivity contribution is 0.0697. The molecule has 1 aromatic heterocycles. The Kier molecular flexibility index (Phi) is 3.96. The Hall–Kier alpha value is -1.58. The summed E-state index contributed by atoms with van der Waals surface area (Å²) >= 11 is 0. The van der Waals surface area contributed by atoms with Crippen LogP contribution in [0.3, 0.4) is 0 Å². The van der Waals surface area contributed by atoms with Crippen LogP contribution >= 0.6 is 0 Å². The van der Waals surface area contributed by atoms with Crippen molar-refractivity contribution in [1.29, 1.82) is 0 Å². The van der Waals surface area contributed by atoms with E-state index in [2.05, 4.69) is 10.3 Å². The third-order valence-corrected chi connectivity index (χ3v) is 3.36. The van der Waals surface area contributed by atoms with Gasteiger partial charge in [-0.25, -0.2) is 4.79 Å². The van der Waals surface area contributed by atoms with Crippen LogP contribution in [0.2, 0.25) is 0 Å². The molecule has 0 aromatic carbocycles. The molecule has 0 radical (unpaired) electrons. The van der Waals surface area contributed by atoms with Gasteiger partial charge < -0.3 is 10.4 Å². The van der Waals surface area contributed by atoms with Crippen molar-refractivity contribution in [3.63, 3.8) is 0 Å². The number of carbonyl (C=O) groups is 1. The Bertz CT molecular complexity index is 387. The van der Waals surface area contributed by atoms with Gasteiger partial charge in [-0.3, -0.25) is 4.98 Å². The third-order valence-electron chi connectivity index (χ3n) is 3.36. The number of nitrogens with one attached hydrogen (secondary N) is 1. The zero-order valence-corrected chi connectivity index (χ0v) is 9.85. The molecular weight excluding hydrogens is 216 g/mol. The van der Waals surface area contributed by atoms with Gasteiger partial charge in [-0.05, 0) is 24.8 Å². The van der Waals surface area contributed by atoms with Gasteiger partial charge in [-0.15, -0.1) is 0 Å². The van der Waals surface area contributed by atoms with Crippen LogP contribution in [0.1, 0.15) is 42.5 Å². The van der Waals surface area contributed by atoms with E-state index < -0.39 is 5.97 Å². The summed E-state index contributed by atoms with van der Waals surface area (Å²) in [6.07, 6.45) is 9.46. The summed E-state index contributed by atoms with van der Waals surface area (Å²) in [6, 6.07) is 1.73. The van der Waals surface area contributed by atoms with Gasteiger partial charge in [-0.1, -0.05) is 19.3 Å². The summed E-state index contributed by atoms with van der Waals surface area (Å²) in [5.74, 6) is -0.247. The molecule has 17 heavy (non-hydrogen) atoms. The van der Waals surface area contributed by atoms with Crippen LogP contribution in [0.25, 0.3) is 0 Å². The van der Waals surface area contributed by atoms with Crippen molar-refractivity contribution in [3.05, 3.63) is 24.0 Å². The zero-order valence-electron chi connectivity index (χ0n) is 9.85. The van der Waals surface area contributed by atoms with E-state index in [4.69, 9.17) is 5.11 Å². The number of carboxylic acids is 1. The lowest BCUT2D eigenvalue weighted by Gasteiger charge is -2.22. The summed E-state index contributed by atoms with van der Waals surface area (Å²) in [5, 5.41) is 12.3. The molecule has 1 aliphatic carbocycles. The first-order valence-electron chi connectivity index (χ1n) is 6.18. The Labute approximate surface area is 101 Å². The van der Waals surface area contributed by atoms with E-state index in [1.807, 2.05) is 0 Å². The molecule has 1 aromatic rings. The highest BCUT2D eigenvalue weighted by atomic mass is 16.4. The molecule has 1 heterocycles. The van der Waals surface area contributed by atoms with Gasteiger partial charge in [0.05, 0.1) is 5.69 Å². The topological polar surface area (TPSA) is 62.2 Å². The standard InChI is InChI=1S/C13H18N2O2/c16-13(17)11-9-14-7-6-12(11)15-8-10-4-2-1-3-5-10/h6-7,9-10H,1-5,8H2,(H,14,15)(H,16,17). The molecule has 0 aliphatic heterocycles. The monoisotopic (exact) mass is 234 g/mol. The molecule has 1 fully saturated rings. The molecule has 0 bridgehead atoms. The van der Waals surface area contributed by atoms with E-state index in [0.717, 1.165) is 6.54 Å². The predicted octanol–water partition coefficient (Wildman–Crippen LogP) is 2.77. The van der Waals surface area contributed by atoms with Crippen LogP contribution in [0.15, 0.2) is 18.5 Å². The van der Waals surface area contributed by atoms with Crippen molar-refractivity contribution in [2.45, 2.75) is 32.1 Å². The minimum absolute atomic E-state index is 0.253. The normalized spacial score (nSPS) is 16.7. The maximum atomic E-state index is 11.0. The average Bonchev–Trinajstić information content (AvgIpc) is 2.38. The number of hydrogen-bond acceptors (Lipinski definition) is 3. The van der Waals surface area contributed by atoms with E-state index in [0.29, 0.717) is 11.6 Å². The number of aromatic carboxylic acids is 1. The number of anilines is 1. The molecule has 2 N–H and O–H groups in total. The van der Waals surface area contributed by atoms with Gasteiger partial charge in [0.25, 0.3) is 0 Å². The summed E-state index contributed by atoms with van der Waals surface area (Å²) in [4.78, 5) is 14.8. The van der Waals surface area contributed by atoms with Crippen LogP contribution in [0.4, 0.5) is 5.69 Å². The Morgan fingerprint density at radius 3 is 2.88 bits per heavy atom. The fourth-order valence-electron chi connectivity index (χ4n) is 2.36. The second kappa shape index (κ2) is 5.66. The zero-order chi connectivity index (χ0) is 12.1. The van der Waals surface area contributed by atoms with Crippen molar-refractivity contribution < 1.29 is 9.90 Å². The second-order valence-electron chi connectivity index (χ2n) is 4.61. The first-order valence-corrected chi connectivity index (χ1v) is 6.18. The summed E-state index contributed by atoms with van der Waals surface area (Å²) in [7, 11) is 0. The molecule has 4 heteroatoms. The number of carboxylic acid groups (broad SMARTS) is 1.